The fraction of sp³-hybridized carbons (Fsp3) is 0.222. The number of hydrogen-bond acceptors (Lipinski definition) is 4. The molecule has 0 atom stereocenters. The third-order valence-electron chi connectivity index (χ3n) is 3.42. The maximum atomic E-state index is 13.1. The maximum Gasteiger partial charge on any atom is 0.264 e. The summed E-state index contributed by atoms with van der Waals surface area (Å²) >= 11 is 5.89. The number of carbonyl (C=O) groups excluding carboxylic acids is 1. The molecule has 2 aromatic rings. The molecule has 0 unspecified atom stereocenters. The van der Waals surface area contributed by atoms with Crippen molar-refractivity contribution in [3.05, 3.63) is 59.1 Å². The van der Waals surface area contributed by atoms with Gasteiger partial charge in [0.15, 0.2) is 0 Å². The lowest BCUT2D eigenvalue weighted by Gasteiger charge is -2.23. The fourth-order valence-corrected chi connectivity index (χ4v) is 3.65. The summed E-state index contributed by atoms with van der Waals surface area (Å²) < 4.78 is 27.2. The van der Waals surface area contributed by atoms with Gasteiger partial charge in [-0.1, -0.05) is 29.3 Å². The SMILES string of the molecule is CC(C)=NNC(=O)CN(c1ccc(Cl)cc1)S(=O)(=O)c1ccc(C)cc1. The van der Waals surface area contributed by atoms with Crippen LogP contribution in [0.2, 0.25) is 5.02 Å². The first-order valence-electron chi connectivity index (χ1n) is 7.85. The average Bonchev–Trinajstić information content (AvgIpc) is 2.59. The lowest BCUT2D eigenvalue weighted by molar-refractivity contribution is -0.119. The summed E-state index contributed by atoms with van der Waals surface area (Å²) in [6, 6.07) is 12.7. The normalized spacial score (nSPS) is 10.9. The van der Waals surface area contributed by atoms with Crippen LogP contribution in [0.3, 0.4) is 0 Å². The van der Waals surface area contributed by atoms with Crippen molar-refractivity contribution in [1.29, 1.82) is 0 Å². The quantitative estimate of drug-likeness (QED) is 0.603. The third kappa shape index (κ3) is 5.06. The minimum Gasteiger partial charge on any atom is -0.271 e. The van der Waals surface area contributed by atoms with Crippen molar-refractivity contribution in [2.45, 2.75) is 25.7 Å². The molecular formula is C18H20ClN3O3S. The van der Waals surface area contributed by atoms with Gasteiger partial charge in [-0.25, -0.2) is 13.8 Å². The molecule has 1 N–H and O–H groups in total. The zero-order valence-corrected chi connectivity index (χ0v) is 16.3. The molecule has 8 heteroatoms. The molecule has 138 valence electrons. The number of sulfonamides is 1. The number of nitrogens with one attached hydrogen (secondary N) is 1. The van der Waals surface area contributed by atoms with Crippen LogP contribution >= 0.6 is 11.6 Å². The van der Waals surface area contributed by atoms with Crippen molar-refractivity contribution >= 4 is 38.9 Å². The Morgan fingerprint density at radius 3 is 2.19 bits per heavy atom. The van der Waals surface area contributed by atoms with E-state index in [1.165, 1.54) is 12.1 Å². The highest BCUT2D eigenvalue weighted by Crippen LogP contribution is 2.25. The first-order chi connectivity index (χ1) is 12.2. The standard InChI is InChI=1S/C18H20ClN3O3S/c1-13(2)20-21-18(23)12-22(16-8-6-15(19)7-9-16)26(24,25)17-10-4-14(3)5-11-17/h4-11H,12H2,1-3H3,(H,21,23). The van der Waals surface area contributed by atoms with Gasteiger partial charge < -0.3 is 0 Å². The van der Waals surface area contributed by atoms with Crippen molar-refractivity contribution in [3.8, 4) is 0 Å². The highest BCUT2D eigenvalue weighted by Gasteiger charge is 2.27. The summed E-state index contributed by atoms with van der Waals surface area (Å²) in [5.74, 6) is -0.545. The Kier molecular flexibility index (Phi) is 6.39. The zero-order chi connectivity index (χ0) is 19.3. The molecule has 0 aliphatic heterocycles. The summed E-state index contributed by atoms with van der Waals surface area (Å²) in [6.07, 6.45) is 0. The van der Waals surface area contributed by atoms with E-state index in [0.717, 1.165) is 9.87 Å². The Morgan fingerprint density at radius 2 is 1.65 bits per heavy atom. The maximum absolute atomic E-state index is 13.1. The zero-order valence-electron chi connectivity index (χ0n) is 14.7. The molecule has 0 radical (unpaired) electrons. The van der Waals surface area contributed by atoms with E-state index >= 15 is 0 Å². The summed E-state index contributed by atoms with van der Waals surface area (Å²) in [6.45, 7) is 4.90. The fourth-order valence-electron chi connectivity index (χ4n) is 2.10. The first kappa shape index (κ1) is 19.9. The number of hydrogen-bond donors (Lipinski definition) is 1. The minimum absolute atomic E-state index is 0.0982. The van der Waals surface area contributed by atoms with Gasteiger partial charge in [0.25, 0.3) is 15.9 Å². The van der Waals surface area contributed by atoms with Gasteiger partial charge in [0.2, 0.25) is 0 Å². The number of anilines is 1. The summed E-state index contributed by atoms with van der Waals surface area (Å²) in [4.78, 5) is 12.3. The van der Waals surface area contributed by atoms with Gasteiger partial charge in [0.05, 0.1) is 10.6 Å². The van der Waals surface area contributed by atoms with E-state index in [1.54, 1.807) is 50.2 Å². The highest BCUT2D eigenvalue weighted by atomic mass is 35.5. The molecule has 0 aromatic heterocycles. The van der Waals surface area contributed by atoms with Crippen molar-refractivity contribution < 1.29 is 13.2 Å². The highest BCUT2D eigenvalue weighted by molar-refractivity contribution is 7.92. The number of rotatable bonds is 6. The molecule has 0 aliphatic carbocycles. The Balaban J connectivity index is 2.42. The van der Waals surface area contributed by atoms with Crippen LogP contribution in [0, 0.1) is 6.92 Å². The van der Waals surface area contributed by atoms with Gasteiger partial charge in [-0.2, -0.15) is 5.10 Å². The lowest BCUT2D eigenvalue weighted by Crippen LogP contribution is -2.39. The molecule has 0 saturated carbocycles. The van der Waals surface area contributed by atoms with Crippen LogP contribution in [-0.2, 0) is 14.8 Å². The second kappa shape index (κ2) is 8.33. The number of carbonyl (C=O) groups is 1. The van der Waals surface area contributed by atoms with E-state index in [2.05, 4.69) is 10.5 Å². The number of nitrogens with zero attached hydrogens (tertiary/aromatic N) is 2. The molecule has 6 nitrogen and oxygen atoms in total. The van der Waals surface area contributed by atoms with Crippen molar-refractivity contribution in [3.63, 3.8) is 0 Å². The predicted molar refractivity (Wildman–Crippen MR) is 104 cm³/mol. The van der Waals surface area contributed by atoms with Crippen LogP contribution in [0.25, 0.3) is 0 Å². The molecule has 0 spiro atoms. The topological polar surface area (TPSA) is 78.8 Å². The van der Waals surface area contributed by atoms with E-state index in [1.807, 2.05) is 6.92 Å². The first-order valence-corrected chi connectivity index (χ1v) is 9.66. The van der Waals surface area contributed by atoms with Crippen LogP contribution < -0.4 is 9.73 Å². The van der Waals surface area contributed by atoms with Crippen LogP contribution in [-0.4, -0.2) is 26.6 Å². The summed E-state index contributed by atoms with van der Waals surface area (Å²) in [5.41, 5.74) is 4.27. The van der Waals surface area contributed by atoms with Crippen molar-refractivity contribution in [1.82, 2.24) is 5.43 Å². The van der Waals surface area contributed by atoms with Crippen LogP contribution in [0.5, 0.6) is 0 Å². The number of amides is 1. The monoisotopic (exact) mass is 393 g/mol. The van der Waals surface area contributed by atoms with Gasteiger partial charge in [-0.3, -0.25) is 9.10 Å². The minimum atomic E-state index is -3.94. The molecule has 2 aromatic carbocycles. The Morgan fingerprint density at radius 1 is 1.08 bits per heavy atom. The summed E-state index contributed by atoms with van der Waals surface area (Å²) in [7, 11) is -3.94. The molecule has 0 heterocycles. The molecule has 26 heavy (non-hydrogen) atoms. The second-order valence-electron chi connectivity index (χ2n) is 5.90. The molecule has 0 fully saturated rings. The number of aryl methyl sites for hydroxylation is 1. The van der Waals surface area contributed by atoms with Crippen LogP contribution in [0.4, 0.5) is 5.69 Å². The van der Waals surface area contributed by atoms with E-state index in [0.29, 0.717) is 16.4 Å². The molecule has 0 aliphatic rings. The molecule has 0 bridgehead atoms. The van der Waals surface area contributed by atoms with Gasteiger partial charge in [0.1, 0.15) is 6.54 Å². The van der Waals surface area contributed by atoms with E-state index in [-0.39, 0.29) is 4.90 Å². The van der Waals surface area contributed by atoms with E-state index in [9.17, 15) is 13.2 Å². The van der Waals surface area contributed by atoms with E-state index in [4.69, 9.17) is 11.6 Å². The molecule has 1 amide bonds. The van der Waals surface area contributed by atoms with Gasteiger partial charge in [-0.15, -0.1) is 0 Å². The predicted octanol–water partition coefficient (Wildman–Crippen LogP) is 3.36. The van der Waals surface area contributed by atoms with Gasteiger partial charge >= 0.3 is 0 Å². The van der Waals surface area contributed by atoms with Crippen LogP contribution in [0.15, 0.2) is 58.5 Å². The number of benzene rings is 2. The third-order valence-corrected chi connectivity index (χ3v) is 5.46. The van der Waals surface area contributed by atoms with Gasteiger partial charge in [0, 0.05) is 10.7 Å². The smallest absolute Gasteiger partial charge is 0.264 e. The van der Waals surface area contributed by atoms with Crippen molar-refractivity contribution in [2.24, 2.45) is 5.10 Å². The second-order valence-corrected chi connectivity index (χ2v) is 8.19. The Hall–Kier alpha value is -2.38. The number of hydrazone groups is 1. The Bertz CT molecular complexity index is 904. The van der Waals surface area contributed by atoms with E-state index < -0.39 is 22.5 Å². The van der Waals surface area contributed by atoms with Crippen molar-refractivity contribution in [2.75, 3.05) is 10.8 Å². The van der Waals surface area contributed by atoms with Crippen LogP contribution in [0.1, 0.15) is 19.4 Å². The molecule has 0 saturated heterocycles. The largest absolute Gasteiger partial charge is 0.271 e. The molecule has 2 rings (SSSR count). The summed E-state index contributed by atoms with van der Waals surface area (Å²) in [5, 5.41) is 4.30. The molecular weight excluding hydrogens is 374 g/mol. The average molecular weight is 394 g/mol. The lowest BCUT2D eigenvalue weighted by atomic mass is 10.2. The van der Waals surface area contributed by atoms with Gasteiger partial charge in [-0.05, 0) is 57.2 Å². The Labute approximate surface area is 158 Å². The number of halogens is 1.